The van der Waals surface area contributed by atoms with E-state index in [-0.39, 0.29) is 5.75 Å². The van der Waals surface area contributed by atoms with Gasteiger partial charge >= 0.3 is 5.63 Å². The van der Waals surface area contributed by atoms with Crippen LogP contribution in [-0.2, 0) is 6.54 Å². The highest BCUT2D eigenvalue weighted by Crippen LogP contribution is 2.30. The van der Waals surface area contributed by atoms with Crippen LogP contribution >= 0.6 is 0 Å². The minimum absolute atomic E-state index is 0.0268. The van der Waals surface area contributed by atoms with Crippen LogP contribution in [0.15, 0.2) is 52.2 Å². The Morgan fingerprint density at radius 2 is 2.24 bits per heavy atom. The van der Waals surface area contributed by atoms with E-state index in [2.05, 4.69) is 4.98 Å². The predicted octanol–water partition coefficient (Wildman–Crippen LogP) is 2.16. The summed E-state index contributed by atoms with van der Waals surface area (Å²) in [5, 5.41) is 10.6. The van der Waals surface area contributed by atoms with Crippen LogP contribution in [0, 0.1) is 0 Å². The van der Waals surface area contributed by atoms with E-state index in [1.54, 1.807) is 18.6 Å². The van der Waals surface area contributed by atoms with Gasteiger partial charge in [0, 0.05) is 36.5 Å². The molecule has 2 heterocycles. The predicted molar refractivity (Wildman–Crippen MR) is 76.5 cm³/mol. The van der Waals surface area contributed by atoms with Gasteiger partial charge in [0.1, 0.15) is 5.58 Å². The fourth-order valence-electron chi connectivity index (χ4n) is 2.05. The van der Waals surface area contributed by atoms with Crippen molar-refractivity contribution in [2.75, 3.05) is 6.61 Å². The first-order valence-electron chi connectivity index (χ1n) is 6.58. The molecule has 0 aliphatic heterocycles. The molecule has 21 heavy (non-hydrogen) atoms. The van der Waals surface area contributed by atoms with Crippen molar-refractivity contribution in [3.8, 4) is 11.5 Å². The number of aryl methyl sites for hydroxylation is 1. The Labute approximate surface area is 120 Å². The number of hydrogen-bond acceptors (Lipinski definition) is 5. The van der Waals surface area contributed by atoms with E-state index in [9.17, 15) is 9.90 Å². The van der Waals surface area contributed by atoms with Crippen molar-refractivity contribution in [1.82, 2.24) is 9.55 Å². The third-order valence-electron chi connectivity index (χ3n) is 3.08. The highest BCUT2D eigenvalue weighted by Gasteiger charge is 2.07. The Bertz CT molecular complexity index is 793. The van der Waals surface area contributed by atoms with Gasteiger partial charge in [0.2, 0.25) is 0 Å². The molecule has 6 heteroatoms. The van der Waals surface area contributed by atoms with Crippen LogP contribution in [0.1, 0.15) is 6.42 Å². The molecule has 6 nitrogen and oxygen atoms in total. The Morgan fingerprint density at radius 3 is 3.05 bits per heavy atom. The van der Waals surface area contributed by atoms with Crippen LogP contribution in [-0.4, -0.2) is 21.3 Å². The maximum Gasteiger partial charge on any atom is 0.336 e. The minimum Gasteiger partial charge on any atom is -0.504 e. The number of phenolic OH excluding ortho intramolecular Hbond substituents is 1. The van der Waals surface area contributed by atoms with Crippen molar-refractivity contribution in [2.45, 2.75) is 13.0 Å². The number of aromatic nitrogens is 2. The molecule has 2 aromatic heterocycles. The van der Waals surface area contributed by atoms with Crippen LogP contribution in [0.2, 0.25) is 0 Å². The first-order valence-corrected chi connectivity index (χ1v) is 6.58. The largest absolute Gasteiger partial charge is 0.504 e. The Kier molecular flexibility index (Phi) is 3.59. The third-order valence-corrected chi connectivity index (χ3v) is 3.08. The summed E-state index contributed by atoms with van der Waals surface area (Å²) in [6, 6.07) is 5.96. The maximum absolute atomic E-state index is 11.2. The van der Waals surface area contributed by atoms with Crippen LogP contribution in [0.4, 0.5) is 0 Å². The number of aromatic hydroxyl groups is 1. The third kappa shape index (κ3) is 3.05. The summed E-state index contributed by atoms with van der Waals surface area (Å²) in [4.78, 5) is 15.1. The summed E-state index contributed by atoms with van der Waals surface area (Å²) in [6.07, 6.45) is 6.11. The lowest BCUT2D eigenvalue weighted by Gasteiger charge is -2.09. The van der Waals surface area contributed by atoms with E-state index in [1.807, 2.05) is 10.8 Å². The molecule has 3 rings (SSSR count). The van der Waals surface area contributed by atoms with Crippen molar-refractivity contribution in [1.29, 1.82) is 0 Å². The molecule has 0 amide bonds. The summed E-state index contributed by atoms with van der Waals surface area (Å²) in [5.41, 5.74) is -0.0378. The lowest BCUT2D eigenvalue weighted by molar-refractivity contribution is 0.286. The van der Waals surface area contributed by atoms with Crippen molar-refractivity contribution in [3.63, 3.8) is 0 Å². The first kappa shape index (κ1) is 13.2. The minimum atomic E-state index is -0.431. The molecule has 0 aliphatic carbocycles. The highest BCUT2D eigenvalue weighted by atomic mass is 16.5. The number of nitrogens with zero attached hydrogens (tertiary/aromatic N) is 2. The molecule has 3 aromatic rings. The first-order chi connectivity index (χ1) is 10.2. The standard InChI is InChI=1S/C15H14N2O4/c18-12-8-11-2-3-15(19)21-13(11)9-14(12)20-7-1-5-17-6-4-16-10-17/h2-4,6,8-10,18H,1,5,7H2. The molecular formula is C15H14N2O4. The SMILES string of the molecule is O=c1ccc2cc(O)c(OCCCn3ccnc3)cc2o1. The Balaban J connectivity index is 1.68. The van der Waals surface area contributed by atoms with Crippen molar-refractivity contribution in [2.24, 2.45) is 0 Å². The summed E-state index contributed by atoms with van der Waals surface area (Å²) in [5.74, 6) is 0.335. The zero-order valence-electron chi connectivity index (χ0n) is 11.2. The number of imidazole rings is 1. The zero-order chi connectivity index (χ0) is 14.7. The number of benzene rings is 1. The van der Waals surface area contributed by atoms with Gasteiger partial charge in [0.25, 0.3) is 0 Å². The number of fused-ring (bicyclic) bond motifs is 1. The van der Waals surface area contributed by atoms with Gasteiger partial charge in [-0.15, -0.1) is 0 Å². The monoisotopic (exact) mass is 286 g/mol. The summed E-state index contributed by atoms with van der Waals surface area (Å²) in [6.45, 7) is 1.22. The lowest BCUT2D eigenvalue weighted by Crippen LogP contribution is -2.03. The summed E-state index contributed by atoms with van der Waals surface area (Å²) < 4.78 is 12.5. The van der Waals surface area contributed by atoms with E-state index >= 15 is 0 Å². The molecule has 1 N–H and O–H groups in total. The van der Waals surface area contributed by atoms with Gasteiger partial charge in [-0.05, 0) is 18.6 Å². The normalized spacial score (nSPS) is 10.9. The molecule has 0 saturated carbocycles. The zero-order valence-corrected chi connectivity index (χ0v) is 11.2. The van der Waals surface area contributed by atoms with E-state index < -0.39 is 5.63 Å². The lowest BCUT2D eigenvalue weighted by atomic mass is 10.2. The Hall–Kier alpha value is -2.76. The van der Waals surface area contributed by atoms with E-state index in [0.717, 1.165) is 13.0 Å². The molecule has 0 atom stereocenters. The second-order valence-corrected chi connectivity index (χ2v) is 4.61. The van der Waals surface area contributed by atoms with Gasteiger partial charge in [0.05, 0.1) is 12.9 Å². The fourth-order valence-corrected chi connectivity index (χ4v) is 2.05. The van der Waals surface area contributed by atoms with Crippen LogP contribution in [0.3, 0.4) is 0 Å². The molecule has 1 aromatic carbocycles. The van der Waals surface area contributed by atoms with Crippen LogP contribution in [0.5, 0.6) is 11.5 Å². The second kappa shape index (κ2) is 5.70. The maximum atomic E-state index is 11.2. The van der Waals surface area contributed by atoms with Gasteiger partial charge < -0.3 is 18.8 Å². The van der Waals surface area contributed by atoms with Gasteiger partial charge in [-0.1, -0.05) is 0 Å². The number of phenols is 1. The van der Waals surface area contributed by atoms with E-state index in [1.165, 1.54) is 18.2 Å². The van der Waals surface area contributed by atoms with E-state index in [0.29, 0.717) is 23.3 Å². The smallest absolute Gasteiger partial charge is 0.336 e. The molecule has 0 saturated heterocycles. The summed E-state index contributed by atoms with van der Waals surface area (Å²) in [7, 11) is 0. The van der Waals surface area contributed by atoms with Gasteiger partial charge in [-0.2, -0.15) is 0 Å². The molecule has 0 spiro atoms. The van der Waals surface area contributed by atoms with Gasteiger partial charge in [-0.25, -0.2) is 9.78 Å². The van der Waals surface area contributed by atoms with Crippen LogP contribution < -0.4 is 10.4 Å². The molecule has 0 unspecified atom stereocenters. The average molecular weight is 286 g/mol. The molecule has 0 fully saturated rings. The van der Waals surface area contributed by atoms with Crippen molar-refractivity contribution >= 4 is 11.0 Å². The molecule has 0 aliphatic rings. The van der Waals surface area contributed by atoms with Gasteiger partial charge in [0.15, 0.2) is 11.5 Å². The molecule has 0 bridgehead atoms. The van der Waals surface area contributed by atoms with Crippen LogP contribution in [0.25, 0.3) is 11.0 Å². The highest BCUT2D eigenvalue weighted by molar-refractivity contribution is 5.80. The molecule has 0 radical (unpaired) electrons. The van der Waals surface area contributed by atoms with Crippen molar-refractivity contribution < 1.29 is 14.3 Å². The quantitative estimate of drug-likeness (QED) is 0.574. The van der Waals surface area contributed by atoms with Gasteiger partial charge in [-0.3, -0.25) is 0 Å². The molecular weight excluding hydrogens is 272 g/mol. The average Bonchev–Trinajstić information content (AvgIpc) is 2.97. The van der Waals surface area contributed by atoms with Crippen molar-refractivity contribution in [3.05, 3.63) is 53.4 Å². The Morgan fingerprint density at radius 1 is 1.33 bits per heavy atom. The van der Waals surface area contributed by atoms with E-state index in [4.69, 9.17) is 9.15 Å². The number of rotatable bonds is 5. The topological polar surface area (TPSA) is 77.5 Å². The summed E-state index contributed by atoms with van der Waals surface area (Å²) >= 11 is 0. The molecule has 108 valence electrons. The fraction of sp³-hybridized carbons (Fsp3) is 0.200. The number of ether oxygens (including phenoxy) is 1. The number of hydrogen-bond donors (Lipinski definition) is 1. The second-order valence-electron chi connectivity index (χ2n) is 4.61.